The van der Waals surface area contributed by atoms with E-state index in [2.05, 4.69) is 4.99 Å². The van der Waals surface area contributed by atoms with Crippen molar-refractivity contribution in [3.8, 4) is 0 Å². The molecule has 1 unspecified atom stereocenters. The molecule has 0 saturated heterocycles. The van der Waals surface area contributed by atoms with Crippen molar-refractivity contribution < 1.29 is 14.6 Å². The monoisotopic (exact) mass is 359 g/mol. The summed E-state index contributed by atoms with van der Waals surface area (Å²) in [7, 11) is 0. The molecule has 0 heterocycles. The first-order chi connectivity index (χ1) is 13.3. The predicted molar refractivity (Wildman–Crippen MR) is 106 cm³/mol. The Hall–Kier alpha value is -3.24. The van der Waals surface area contributed by atoms with Gasteiger partial charge in [0.1, 0.15) is 6.61 Å². The first-order valence-corrected chi connectivity index (χ1v) is 8.78. The van der Waals surface area contributed by atoms with E-state index in [1.54, 1.807) is 0 Å². The van der Waals surface area contributed by atoms with E-state index in [4.69, 9.17) is 4.74 Å². The van der Waals surface area contributed by atoms with Crippen molar-refractivity contribution >= 4 is 11.7 Å². The number of aliphatic hydroxyl groups excluding tert-OH is 1. The topological polar surface area (TPSA) is 58.9 Å². The van der Waals surface area contributed by atoms with Gasteiger partial charge in [-0.1, -0.05) is 91.0 Å². The van der Waals surface area contributed by atoms with Gasteiger partial charge in [0, 0.05) is 11.1 Å². The second-order valence-corrected chi connectivity index (χ2v) is 6.00. The van der Waals surface area contributed by atoms with Gasteiger partial charge in [0.2, 0.25) is 0 Å². The first kappa shape index (κ1) is 18.5. The molecule has 4 nitrogen and oxygen atoms in total. The summed E-state index contributed by atoms with van der Waals surface area (Å²) in [6.45, 7) is -0.269. The van der Waals surface area contributed by atoms with E-state index in [9.17, 15) is 9.90 Å². The molecule has 0 aromatic heterocycles. The lowest BCUT2D eigenvalue weighted by molar-refractivity contribution is -0.147. The summed E-state index contributed by atoms with van der Waals surface area (Å²) >= 11 is 0. The van der Waals surface area contributed by atoms with Gasteiger partial charge in [-0.15, -0.1) is 0 Å². The molecule has 3 rings (SSSR count). The van der Waals surface area contributed by atoms with Crippen LogP contribution in [-0.4, -0.2) is 29.4 Å². The molecule has 0 saturated carbocycles. The van der Waals surface area contributed by atoms with Crippen LogP contribution in [0, 0.1) is 0 Å². The highest BCUT2D eigenvalue weighted by atomic mass is 16.5. The molecule has 0 amide bonds. The summed E-state index contributed by atoms with van der Waals surface area (Å²) in [5.41, 5.74) is 3.28. The van der Waals surface area contributed by atoms with Crippen molar-refractivity contribution in [2.24, 2.45) is 4.99 Å². The van der Waals surface area contributed by atoms with Gasteiger partial charge in [0.05, 0.1) is 12.3 Å². The summed E-state index contributed by atoms with van der Waals surface area (Å²) < 4.78 is 5.35. The lowest BCUT2D eigenvalue weighted by Crippen LogP contribution is -2.27. The van der Waals surface area contributed by atoms with E-state index in [1.165, 1.54) is 0 Å². The van der Waals surface area contributed by atoms with Gasteiger partial charge in [0.25, 0.3) is 0 Å². The molecule has 1 N–H and O–H groups in total. The van der Waals surface area contributed by atoms with Crippen molar-refractivity contribution in [2.45, 2.75) is 12.6 Å². The summed E-state index contributed by atoms with van der Waals surface area (Å²) in [5, 5.41) is 9.73. The second-order valence-electron chi connectivity index (χ2n) is 6.00. The maximum Gasteiger partial charge on any atom is 0.333 e. The average molecular weight is 359 g/mol. The number of aliphatic imine (C=N–C) groups is 1. The lowest BCUT2D eigenvalue weighted by atomic mass is 10.0. The zero-order chi connectivity index (χ0) is 18.9. The first-order valence-electron chi connectivity index (χ1n) is 8.78. The van der Waals surface area contributed by atoms with Gasteiger partial charge in [-0.3, -0.25) is 4.99 Å². The second kappa shape index (κ2) is 9.46. The van der Waals surface area contributed by atoms with E-state index in [1.807, 2.05) is 91.0 Å². The van der Waals surface area contributed by atoms with Crippen LogP contribution in [0.3, 0.4) is 0 Å². The number of aliphatic hydroxyl groups is 1. The van der Waals surface area contributed by atoms with Crippen LogP contribution in [0.4, 0.5) is 0 Å². The Balaban J connectivity index is 1.84. The zero-order valence-electron chi connectivity index (χ0n) is 14.9. The maximum atomic E-state index is 12.5. The van der Waals surface area contributed by atoms with Crippen LogP contribution < -0.4 is 0 Å². The fraction of sp³-hybridized carbons (Fsp3) is 0.130. The normalized spacial score (nSPS) is 11.4. The van der Waals surface area contributed by atoms with Crippen molar-refractivity contribution in [1.29, 1.82) is 0 Å². The number of carbonyl (C=O) groups is 1. The van der Waals surface area contributed by atoms with E-state index < -0.39 is 18.6 Å². The van der Waals surface area contributed by atoms with Crippen LogP contribution in [0.25, 0.3) is 0 Å². The van der Waals surface area contributed by atoms with Gasteiger partial charge in [-0.25, -0.2) is 4.79 Å². The van der Waals surface area contributed by atoms with Gasteiger partial charge in [0.15, 0.2) is 6.04 Å². The number of nitrogens with zero attached hydrogens (tertiary/aromatic N) is 1. The van der Waals surface area contributed by atoms with Crippen LogP contribution in [0.15, 0.2) is 96.0 Å². The Morgan fingerprint density at radius 1 is 0.815 bits per heavy atom. The molecule has 0 spiro atoms. The summed E-state index contributed by atoms with van der Waals surface area (Å²) in [6.07, 6.45) is 0. The Morgan fingerprint density at radius 2 is 1.30 bits per heavy atom. The zero-order valence-corrected chi connectivity index (χ0v) is 14.9. The Labute approximate surface area is 158 Å². The number of carbonyl (C=O) groups excluding carboxylic acids is 1. The minimum absolute atomic E-state index is 0.150. The molecular weight excluding hydrogens is 338 g/mol. The van der Waals surface area contributed by atoms with Crippen LogP contribution in [0.5, 0.6) is 0 Å². The molecule has 1 atom stereocenters. The minimum Gasteiger partial charge on any atom is -0.459 e. The SMILES string of the molecule is O=C(OCc1ccccc1)C(CO)N=C(c1ccccc1)c1ccccc1. The van der Waals surface area contributed by atoms with Crippen LogP contribution in [-0.2, 0) is 16.1 Å². The van der Waals surface area contributed by atoms with Gasteiger partial charge in [-0.05, 0) is 5.56 Å². The van der Waals surface area contributed by atoms with E-state index >= 15 is 0 Å². The van der Waals surface area contributed by atoms with E-state index in [0.717, 1.165) is 16.7 Å². The molecule has 0 bridgehead atoms. The number of rotatable bonds is 7. The highest BCUT2D eigenvalue weighted by Crippen LogP contribution is 2.13. The summed E-state index contributed by atoms with van der Waals surface area (Å²) in [5.74, 6) is -0.550. The van der Waals surface area contributed by atoms with Crippen molar-refractivity contribution in [3.63, 3.8) is 0 Å². The van der Waals surface area contributed by atoms with Crippen LogP contribution >= 0.6 is 0 Å². The fourth-order valence-electron chi connectivity index (χ4n) is 2.66. The number of ether oxygens (including phenoxy) is 1. The number of hydrogen-bond donors (Lipinski definition) is 1. The quantitative estimate of drug-likeness (QED) is 0.518. The Morgan fingerprint density at radius 3 is 1.78 bits per heavy atom. The number of benzene rings is 3. The molecule has 0 radical (unpaired) electrons. The molecular formula is C23H21NO3. The predicted octanol–water partition coefficient (Wildman–Crippen LogP) is 3.63. The molecule has 0 aliphatic rings. The van der Waals surface area contributed by atoms with E-state index in [-0.39, 0.29) is 6.61 Å². The highest BCUT2D eigenvalue weighted by Gasteiger charge is 2.20. The van der Waals surface area contributed by atoms with Gasteiger partial charge < -0.3 is 9.84 Å². The number of esters is 1. The average Bonchev–Trinajstić information content (AvgIpc) is 2.75. The Bertz CT molecular complexity index is 836. The molecule has 0 aliphatic carbocycles. The van der Waals surface area contributed by atoms with Crippen molar-refractivity contribution in [3.05, 3.63) is 108 Å². The summed E-state index contributed by atoms with van der Waals surface area (Å²) in [4.78, 5) is 17.0. The Kier molecular flexibility index (Phi) is 6.50. The smallest absolute Gasteiger partial charge is 0.333 e. The molecule has 3 aromatic carbocycles. The minimum atomic E-state index is -0.982. The van der Waals surface area contributed by atoms with Crippen molar-refractivity contribution in [1.82, 2.24) is 0 Å². The van der Waals surface area contributed by atoms with Crippen LogP contribution in [0.2, 0.25) is 0 Å². The van der Waals surface area contributed by atoms with Gasteiger partial charge >= 0.3 is 5.97 Å². The third-order valence-corrected chi connectivity index (χ3v) is 4.05. The molecule has 3 aromatic rings. The third kappa shape index (κ3) is 5.12. The number of hydrogen-bond acceptors (Lipinski definition) is 4. The molecule has 0 fully saturated rings. The fourth-order valence-corrected chi connectivity index (χ4v) is 2.66. The van der Waals surface area contributed by atoms with Crippen LogP contribution in [0.1, 0.15) is 16.7 Å². The van der Waals surface area contributed by atoms with E-state index in [0.29, 0.717) is 5.71 Å². The molecule has 4 heteroatoms. The maximum absolute atomic E-state index is 12.5. The van der Waals surface area contributed by atoms with Crippen molar-refractivity contribution in [2.75, 3.05) is 6.61 Å². The molecule has 27 heavy (non-hydrogen) atoms. The standard InChI is InChI=1S/C23H21NO3/c25-16-21(23(26)27-17-18-10-4-1-5-11-18)24-22(19-12-6-2-7-13-19)20-14-8-3-9-15-20/h1-15,21,25H,16-17H2. The van der Waals surface area contributed by atoms with Gasteiger partial charge in [-0.2, -0.15) is 0 Å². The third-order valence-electron chi connectivity index (χ3n) is 4.05. The largest absolute Gasteiger partial charge is 0.459 e. The molecule has 136 valence electrons. The molecule has 0 aliphatic heterocycles. The highest BCUT2D eigenvalue weighted by molar-refractivity contribution is 6.13. The lowest BCUT2D eigenvalue weighted by Gasteiger charge is -2.14. The summed E-state index contributed by atoms with van der Waals surface area (Å²) in [6, 6.07) is 27.6.